The van der Waals surface area contributed by atoms with Crippen LogP contribution in [0.1, 0.15) is 11.1 Å². The molecule has 132 valence electrons. The van der Waals surface area contributed by atoms with Crippen LogP contribution in [0, 0.1) is 0 Å². The number of halogens is 1. The number of rotatable bonds is 6. The van der Waals surface area contributed by atoms with Gasteiger partial charge in [-0.15, -0.1) is 0 Å². The van der Waals surface area contributed by atoms with E-state index in [1.807, 2.05) is 55.4 Å². The van der Waals surface area contributed by atoms with Crippen molar-refractivity contribution >= 4 is 29.1 Å². The third-order valence-corrected chi connectivity index (χ3v) is 4.12. The van der Waals surface area contributed by atoms with Crippen molar-refractivity contribution in [1.29, 1.82) is 0 Å². The lowest BCUT2D eigenvalue weighted by Gasteiger charge is -2.12. The van der Waals surface area contributed by atoms with Crippen LogP contribution in [0.15, 0.2) is 48.5 Å². The molecule has 2 rings (SSSR count). The summed E-state index contributed by atoms with van der Waals surface area (Å²) in [5.41, 5.74) is 2.99. The topological polar surface area (TPSA) is 61.4 Å². The first-order valence-corrected chi connectivity index (χ1v) is 8.41. The summed E-state index contributed by atoms with van der Waals surface area (Å²) in [6, 6.07) is 15.3. The molecular weight excluding hydrogens is 338 g/mol. The van der Waals surface area contributed by atoms with Crippen molar-refractivity contribution in [2.45, 2.75) is 13.0 Å². The maximum Gasteiger partial charge on any atom is 0.309 e. The van der Waals surface area contributed by atoms with Gasteiger partial charge >= 0.3 is 11.8 Å². The van der Waals surface area contributed by atoms with E-state index in [1.54, 1.807) is 12.1 Å². The molecule has 0 radical (unpaired) electrons. The number of hydrogen-bond donors (Lipinski definition) is 2. The number of anilines is 1. The van der Waals surface area contributed by atoms with Crippen LogP contribution < -0.4 is 15.5 Å². The van der Waals surface area contributed by atoms with Crippen LogP contribution >= 0.6 is 11.6 Å². The number of carbonyl (C=O) groups is 2. The number of carbonyl (C=O) groups excluding carboxylic acids is 2. The SMILES string of the molecule is CN(C)c1ccc(CCNC(=O)C(=O)NCc2ccccc2Cl)cc1. The van der Waals surface area contributed by atoms with E-state index in [0.29, 0.717) is 18.0 Å². The number of benzene rings is 2. The van der Waals surface area contributed by atoms with E-state index < -0.39 is 11.8 Å². The standard InChI is InChI=1S/C19H22ClN3O2/c1-23(2)16-9-7-14(8-10-16)11-12-21-18(24)19(25)22-13-15-5-3-4-6-17(15)20/h3-10H,11-13H2,1-2H3,(H,21,24)(H,22,25). The van der Waals surface area contributed by atoms with Crippen LogP contribution in [-0.4, -0.2) is 32.5 Å². The lowest BCUT2D eigenvalue weighted by molar-refractivity contribution is -0.139. The Hall–Kier alpha value is -2.53. The second-order valence-electron chi connectivity index (χ2n) is 5.84. The van der Waals surface area contributed by atoms with Gasteiger partial charge in [-0.3, -0.25) is 9.59 Å². The molecule has 0 aliphatic carbocycles. The molecule has 0 fully saturated rings. The highest BCUT2D eigenvalue weighted by atomic mass is 35.5. The molecule has 0 atom stereocenters. The van der Waals surface area contributed by atoms with Gasteiger partial charge in [0.15, 0.2) is 0 Å². The maximum absolute atomic E-state index is 11.8. The van der Waals surface area contributed by atoms with E-state index in [0.717, 1.165) is 16.8 Å². The zero-order chi connectivity index (χ0) is 18.2. The largest absolute Gasteiger partial charge is 0.378 e. The molecular formula is C19H22ClN3O2. The molecule has 0 aromatic heterocycles. The van der Waals surface area contributed by atoms with Gasteiger partial charge in [0.25, 0.3) is 0 Å². The smallest absolute Gasteiger partial charge is 0.309 e. The van der Waals surface area contributed by atoms with Gasteiger partial charge in [-0.25, -0.2) is 0 Å². The predicted molar refractivity (Wildman–Crippen MR) is 101 cm³/mol. The van der Waals surface area contributed by atoms with Gasteiger partial charge in [0.2, 0.25) is 0 Å². The van der Waals surface area contributed by atoms with E-state index in [4.69, 9.17) is 11.6 Å². The first-order valence-electron chi connectivity index (χ1n) is 8.03. The Bertz CT molecular complexity index is 730. The molecule has 25 heavy (non-hydrogen) atoms. The lowest BCUT2D eigenvalue weighted by Crippen LogP contribution is -2.40. The molecule has 0 heterocycles. The summed E-state index contributed by atoms with van der Waals surface area (Å²) in [4.78, 5) is 25.7. The minimum atomic E-state index is -0.664. The molecule has 2 aromatic rings. The van der Waals surface area contributed by atoms with Gasteiger partial charge in [0.05, 0.1) is 0 Å². The lowest BCUT2D eigenvalue weighted by atomic mass is 10.1. The van der Waals surface area contributed by atoms with E-state index in [2.05, 4.69) is 10.6 Å². The Balaban J connectivity index is 1.74. The molecule has 0 saturated carbocycles. The highest BCUT2D eigenvalue weighted by Gasteiger charge is 2.12. The molecule has 0 spiro atoms. The van der Waals surface area contributed by atoms with Crippen LogP contribution in [0.25, 0.3) is 0 Å². The van der Waals surface area contributed by atoms with Gasteiger partial charge in [-0.1, -0.05) is 41.9 Å². The molecule has 0 bridgehead atoms. The molecule has 0 saturated heterocycles. The second-order valence-corrected chi connectivity index (χ2v) is 6.25. The fourth-order valence-corrected chi connectivity index (χ4v) is 2.46. The molecule has 2 amide bonds. The first-order chi connectivity index (χ1) is 12.0. The van der Waals surface area contributed by atoms with Gasteiger partial charge in [-0.2, -0.15) is 0 Å². The van der Waals surface area contributed by atoms with Gasteiger partial charge in [0.1, 0.15) is 0 Å². The first kappa shape index (κ1) is 18.8. The van der Waals surface area contributed by atoms with Crippen molar-refractivity contribution in [2.24, 2.45) is 0 Å². The van der Waals surface area contributed by atoms with Crippen LogP contribution in [-0.2, 0) is 22.6 Å². The van der Waals surface area contributed by atoms with Crippen molar-refractivity contribution in [3.8, 4) is 0 Å². The Morgan fingerprint density at radius 1 is 0.960 bits per heavy atom. The Labute approximate surface area is 153 Å². The van der Waals surface area contributed by atoms with E-state index in [9.17, 15) is 9.59 Å². The number of nitrogens with zero attached hydrogens (tertiary/aromatic N) is 1. The molecule has 6 heteroatoms. The maximum atomic E-state index is 11.8. The highest BCUT2D eigenvalue weighted by Crippen LogP contribution is 2.14. The van der Waals surface area contributed by atoms with Crippen molar-refractivity contribution in [2.75, 3.05) is 25.5 Å². The highest BCUT2D eigenvalue weighted by molar-refractivity contribution is 6.35. The monoisotopic (exact) mass is 359 g/mol. The molecule has 2 aromatic carbocycles. The van der Waals surface area contributed by atoms with Crippen LogP contribution in [0.4, 0.5) is 5.69 Å². The Morgan fingerprint density at radius 2 is 1.60 bits per heavy atom. The third-order valence-electron chi connectivity index (χ3n) is 3.76. The summed E-state index contributed by atoms with van der Waals surface area (Å²) in [5, 5.41) is 5.75. The van der Waals surface area contributed by atoms with Crippen LogP contribution in [0.3, 0.4) is 0 Å². The van der Waals surface area contributed by atoms with Gasteiger partial charge in [0, 0.05) is 37.9 Å². The number of nitrogens with one attached hydrogen (secondary N) is 2. The third kappa shape index (κ3) is 5.80. The minimum absolute atomic E-state index is 0.220. The molecule has 0 unspecified atom stereocenters. The summed E-state index contributed by atoms with van der Waals surface area (Å²) in [6.45, 7) is 0.623. The predicted octanol–water partition coefficient (Wildman–Crippen LogP) is 2.38. The van der Waals surface area contributed by atoms with Gasteiger partial charge < -0.3 is 15.5 Å². The zero-order valence-corrected chi connectivity index (χ0v) is 15.1. The van der Waals surface area contributed by atoms with Crippen LogP contribution in [0.5, 0.6) is 0 Å². The average Bonchev–Trinajstić information content (AvgIpc) is 2.61. The summed E-state index contributed by atoms with van der Waals surface area (Å²) >= 11 is 6.01. The number of amides is 2. The fourth-order valence-electron chi connectivity index (χ4n) is 2.26. The summed E-state index contributed by atoms with van der Waals surface area (Å²) in [6.07, 6.45) is 0.664. The summed E-state index contributed by atoms with van der Waals surface area (Å²) in [7, 11) is 3.97. The Morgan fingerprint density at radius 3 is 2.24 bits per heavy atom. The second kappa shape index (κ2) is 9.08. The quantitative estimate of drug-likeness (QED) is 0.778. The zero-order valence-electron chi connectivity index (χ0n) is 14.4. The van der Waals surface area contributed by atoms with E-state index in [-0.39, 0.29) is 6.54 Å². The average molecular weight is 360 g/mol. The summed E-state index contributed by atoms with van der Waals surface area (Å²) in [5.74, 6) is -1.31. The molecule has 5 nitrogen and oxygen atoms in total. The number of hydrogen-bond acceptors (Lipinski definition) is 3. The van der Waals surface area contributed by atoms with Crippen molar-refractivity contribution in [3.63, 3.8) is 0 Å². The van der Waals surface area contributed by atoms with Crippen molar-refractivity contribution in [3.05, 3.63) is 64.7 Å². The van der Waals surface area contributed by atoms with E-state index >= 15 is 0 Å². The molecule has 0 aliphatic rings. The fraction of sp³-hybridized carbons (Fsp3) is 0.263. The van der Waals surface area contributed by atoms with Crippen LogP contribution in [0.2, 0.25) is 5.02 Å². The van der Waals surface area contributed by atoms with E-state index in [1.165, 1.54) is 0 Å². The van der Waals surface area contributed by atoms with Gasteiger partial charge in [-0.05, 0) is 35.7 Å². The molecule has 0 aliphatic heterocycles. The Kier molecular flexibility index (Phi) is 6.83. The summed E-state index contributed by atoms with van der Waals surface area (Å²) < 4.78 is 0. The van der Waals surface area contributed by atoms with Crippen molar-refractivity contribution in [1.82, 2.24) is 10.6 Å². The minimum Gasteiger partial charge on any atom is -0.378 e. The molecule has 2 N–H and O–H groups in total. The normalized spacial score (nSPS) is 10.2. The van der Waals surface area contributed by atoms with Crippen molar-refractivity contribution < 1.29 is 9.59 Å².